The minimum atomic E-state index is -0.995. The Balaban J connectivity index is 3.05. The Hall–Kier alpha value is -1.71. The van der Waals surface area contributed by atoms with E-state index in [1.54, 1.807) is 18.2 Å². The number of hydrogen-bond donors (Lipinski definition) is 2. The first-order valence-corrected chi connectivity index (χ1v) is 6.00. The quantitative estimate of drug-likeness (QED) is 0.809. The van der Waals surface area contributed by atoms with Crippen molar-refractivity contribution < 1.29 is 9.90 Å². The fraction of sp³-hybridized carbons (Fsp3) is 0.500. The van der Waals surface area contributed by atoms with E-state index in [0.29, 0.717) is 11.7 Å². The first kappa shape index (κ1) is 14.4. The number of hydrogen-bond acceptors (Lipinski definition) is 3. The van der Waals surface area contributed by atoms with Gasteiger partial charge in [0.1, 0.15) is 0 Å². The highest BCUT2D eigenvalue weighted by atomic mass is 16.4. The van der Waals surface area contributed by atoms with Crippen LogP contribution in [0, 0.1) is 5.41 Å². The molecule has 100 valence electrons. The smallest absolute Gasteiger partial charge is 0.337 e. The fourth-order valence-electron chi connectivity index (χ4n) is 1.77. The molecule has 4 heteroatoms. The highest BCUT2D eigenvalue weighted by molar-refractivity contribution is 5.94. The number of nitrogens with zero attached hydrogens (tertiary/aromatic N) is 1. The number of carbonyl (C=O) groups is 1. The molecule has 0 saturated carbocycles. The van der Waals surface area contributed by atoms with E-state index < -0.39 is 5.97 Å². The number of carboxylic acid groups (broad SMARTS) is 1. The molecule has 4 nitrogen and oxygen atoms in total. The first-order chi connectivity index (χ1) is 8.14. The van der Waals surface area contributed by atoms with Crippen molar-refractivity contribution in [3.8, 4) is 0 Å². The van der Waals surface area contributed by atoms with E-state index in [2.05, 4.69) is 32.6 Å². The van der Waals surface area contributed by atoms with Gasteiger partial charge in [-0.1, -0.05) is 20.8 Å². The lowest BCUT2D eigenvalue weighted by Gasteiger charge is -2.37. The zero-order valence-electron chi connectivity index (χ0n) is 11.7. The van der Waals surface area contributed by atoms with E-state index in [1.165, 1.54) is 0 Å². The fourth-order valence-corrected chi connectivity index (χ4v) is 1.77. The molecule has 1 aromatic carbocycles. The highest BCUT2D eigenvalue weighted by Crippen LogP contribution is 2.29. The molecule has 0 amide bonds. The van der Waals surface area contributed by atoms with Gasteiger partial charge in [-0.3, -0.25) is 0 Å². The molecular weight excluding hydrogens is 228 g/mol. The summed E-state index contributed by atoms with van der Waals surface area (Å²) in [5.41, 5.74) is 7.27. The van der Waals surface area contributed by atoms with Crippen molar-refractivity contribution in [2.24, 2.45) is 5.41 Å². The first-order valence-electron chi connectivity index (χ1n) is 6.00. The second-order valence-electron chi connectivity index (χ2n) is 5.73. The Bertz CT molecular complexity index is 450. The standard InChI is InChI=1S/C14H22N2O2/c1-9(14(2,3)4)16(5)10-6-7-11(13(17)18)12(15)8-10/h6-9H,15H2,1-5H3,(H,17,18). The van der Waals surface area contributed by atoms with Gasteiger partial charge in [0, 0.05) is 24.5 Å². The van der Waals surface area contributed by atoms with Crippen molar-refractivity contribution in [2.45, 2.75) is 33.7 Å². The zero-order chi connectivity index (χ0) is 14.1. The number of rotatable bonds is 3. The summed E-state index contributed by atoms with van der Waals surface area (Å²) in [6.45, 7) is 8.65. The van der Waals surface area contributed by atoms with Gasteiger partial charge in [0.05, 0.1) is 5.56 Å². The van der Waals surface area contributed by atoms with Gasteiger partial charge in [-0.15, -0.1) is 0 Å². The third kappa shape index (κ3) is 2.94. The maximum atomic E-state index is 10.9. The number of nitrogen functional groups attached to an aromatic ring is 1. The summed E-state index contributed by atoms with van der Waals surface area (Å²) in [5.74, 6) is -0.995. The average molecular weight is 250 g/mol. The summed E-state index contributed by atoms with van der Waals surface area (Å²) >= 11 is 0. The molecule has 18 heavy (non-hydrogen) atoms. The zero-order valence-corrected chi connectivity index (χ0v) is 11.7. The van der Waals surface area contributed by atoms with Gasteiger partial charge in [-0.05, 0) is 30.5 Å². The minimum Gasteiger partial charge on any atom is -0.478 e. The lowest BCUT2D eigenvalue weighted by atomic mass is 9.87. The number of carboxylic acids is 1. The summed E-state index contributed by atoms with van der Waals surface area (Å²) in [6, 6.07) is 5.37. The number of benzene rings is 1. The van der Waals surface area contributed by atoms with Crippen molar-refractivity contribution in [2.75, 3.05) is 17.7 Å². The summed E-state index contributed by atoms with van der Waals surface area (Å²) in [6.07, 6.45) is 0. The predicted octanol–water partition coefficient (Wildman–Crippen LogP) is 2.84. The molecule has 1 atom stereocenters. The molecule has 0 aromatic heterocycles. The van der Waals surface area contributed by atoms with Gasteiger partial charge in [0.15, 0.2) is 0 Å². The molecule has 3 N–H and O–H groups in total. The Kier molecular flexibility index (Phi) is 3.89. The molecule has 0 heterocycles. The van der Waals surface area contributed by atoms with Crippen molar-refractivity contribution in [1.29, 1.82) is 0 Å². The van der Waals surface area contributed by atoms with Gasteiger partial charge in [-0.25, -0.2) is 4.79 Å². The predicted molar refractivity (Wildman–Crippen MR) is 75.1 cm³/mol. The SMILES string of the molecule is CC(N(C)c1ccc(C(=O)O)c(N)c1)C(C)(C)C. The van der Waals surface area contributed by atoms with Gasteiger partial charge in [-0.2, -0.15) is 0 Å². The molecule has 0 spiro atoms. The van der Waals surface area contributed by atoms with E-state index in [0.717, 1.165) is 5.69 Å². The Morgan fingerprint density at radius 1 is 1.39 bits per heavy atom. The second kappa shape index (κ2) is 4.88. The second-order valence-corrected chi connectivity index (χ2v) is 5.73. The maximum Gasteiger partial charge on any atom is 0.337 e. The third-order valence-electron chi connectivity index (χ3n) is 3.51. The van der Waals surface area contributed by atoms with Gasteiger partial charge in [0.25, 0.3) is 0 Å². The molecule has 0 bridgehead atoms. The summed E-state index contributed by atoms with van der Waals surface area (Å²) in [4.78, 5) is 13.0. The van der Waals surface area contributed by atoms with Crippen LogP contribution in [0.3, 0.4) is 0 Å². The number of nitrogens with two attached hydrogens (primary N) is 1. The van der Waals surface area contributed by atoms with Gasteiger partial charge < -0.3 is 15.7 Å². The van der Waals surface area contributed by atoms with E-state index in [4.69, 9.17) is 10.8 Å². The Labute approximate surface area is 108 Å². The van der Waals surface area contributed by atoms with Crippen LogP contribution in [0.1, 0.15) is 38.1 Å². The molecule has 0 radical (unpaired) electrons. The monoisotopic (exact) mass is 250 g/mol. The largest absolute Gasteiger partial charge is 0.478 e. The molecule has 1 aromatic rings. The van der Waals surface area contributed by atoms with E-state index >= 15 is 0 Å². The molecule has 0 fully saturated rings. The van der Waals surface area contributed by atoms with E-state index in [-0.39, 0.29) is 11.0 Å². The van der Waals surface area contributed by atoms with Crippen molar-refractivity contribution in [1.82, 2.24) is 0 Å². The third-order valence-corrected chi connectivity index (χ3v) is 3.51. The molecule has 0 aliphatic rings. The topological polar surface area (TPSA) is 66.6 Å². The van der Waals surface area contributed by atoms with Crippen LogP contribution >= 0.6 is 0 Å². The molecular formula is C14H22N2O2. The number of anilines is 2. The lowest BCUT2D eigenvalue weighted by molar-refractivity contribution is 0.0698. The van der Waals surface area contributed by atoms with Gasteiger partial charge in [0.2, 0.25) is 0 Å². The van der Waals surface area contributed by atoms with Crippen LogP contribution in [-0.4, -0.2) is 24.2 Å². The van der Waals surface area contributed by atoms with E-state index in [1.807, 2.05) is 7.05 Å². The average Bonchev–Trinajstić information content (AvgIpc) is 2.25. The summed E-state index contributed by atoms with van der Waals surface area (Å²) < 4.78 is 0. The molecule has 0 aliphatic heterocycles. The normalized spacial score (nSPS) is 13.2. The lowest BCUT2D eigenvalue weighted by Crippen LogP contribution is -2.39. The van der Waals surface area contributed by atoms with Crippen LogP contribution in [-0.2, 0) is 0 Å². The summed E-state index contributed by atoms with van der Waals surface area (Å²) in [7, 11) is 1.99. The van der Waals surface area contributed by atoms with Crippen LogP contribution in [0.25, 0.3) is 0 Å². The van der Waals surface area contributed by atoms with Gasteiger partial charge >= 0.3 is 5.97 Å². The highest BCUT2D eigenvalue weighted by Gasteiger charge is 2.24. The van der Waals surface area contributed by atoms with Crippen molar-refractivity contribution >= 4 is 17.3 Å². The van der Waals surface area contributed by atoms with Crippen LogP contribution in [0.15, 0.2) is 18.2 Å². The maximum absolute atomic E-state index is 10.9. The minimum absolute atomic E-state index is 0.134. The molecule has 0 saturated heterocycles. The van der Waals surface area contributed by atoms with Crippen LogP contribution in [0.4, 0.5) is 11.4 Å². The number of aromatic carboxylic acids is 1. The molecule has 1 rings (SSSR count). The van der Waals surface area contributed by atoms with E-state index in [9.17, 15) is 4.79 Å². The Morgan fingerprint density at radius 2 is 1.94 bits per heavy atom. The van der Waals surface area contributed by atoms with Crippen molar-refractivity contribution in [3.05, 3.63) is 23.8 Å². The van der Waals surface area contributed by atoms with Crippen LogP contribution < -0.4 is 10.6 Å². The van der Waals surface area contributed by atoms with Crippen molar-refractivity contribution in [3.63, 3.8) is 0 Å². The molecule has 1 unspecified atom stereocenters. The Morgan fingerprint density at radius 3 is 2.33 bits per heavy atom. The molecule has 0 aliphatic carbocycles. The van der Waals surface area contributed by atoms with Crippen LogP contribution in [0.5, 0.6) is 0 Å². The summed E-state index contributed by atoms with van der Waals surface area (Å²) in [5, 5.41) is 8.94. The van der Waals surface area contributed by atoms with Crippen LogP contribution in [0.2, 0.25) is 0 Å².